The van der Waals surface area contributed by atoms with Crippen molar-refractivity contribution in [3.05, 3.63) is 0 Å². The van der Waals surface area contributed by atoms with E-state index >= 15 is 0 Å². The van der Waals surface area contributed by atoms with Crippen molar-refractivity contribution < 1.29 is 0 Å². The highest BCUT2D eigenvalue weighted by Crippen LogP contribution is 2.03. The van der Waals surface area contributed by atoms with Crippen LogP contribution in [-0.2, 0) is 0 Å². The van der Waals surface area contributed by atoms with E-state index < -0.39 is 3.55 Å². The summed E-state index contributed by atoms with van der Waals surface area (Å²) in [6.07, 6.45) is 1.48. The van der Waals surface area contributed by atoms with E-state index in [1.165, 1.54) is 6.21 Å². The van der Waals surface area contributed by atoms with Gasteiger partial charge in [-0.25, -0.2) is 0 Å². The first-order chi connectivity index (χ1) is 3.06. The zero-order valence-corrected chi connectivity index (χ0v) is 6.21. The van der Waals surface area contributed by atoms with Gasteiger partial charge in [0.05, 0.1) is 6.21 Å². The highest BCUT2D eigenvalue weighted by molar-refractivity contribution is 14.1. The van der Waals surface area contributed by atoms with Gasteiger partial charge in [0.25, 0.3) is 0 Å². The van der Waals surface area contributed by atoms with E-state index in [1.807, 2.05) is 29.5 Å². The first kappa shape index (κ1) is 7.16. The Hall–Kier alpha value is 0.160. The first-order valence-corrected chi connectivity index (χ1v) is 2.86. The highest BCUT2D eigenvalue weighted by Gasteiger charge is 2.06. The van der Waals surface area contributed by atoms with Gasteiger partial charge in [0.15, 0.2) is 0 Å². The third-order valence-corrected chi connectivity index (χ3v) is 0.605. The average molecular weight is 213 g/mol. The van der Waals surface area contributed by atoms with Crippen LogP contribution in [-0.4, -0.2) is 9.76 Å². The summed E-state index contributed by atoms with van der Waals surface area (Å²) < 4.78 is -0.396. The van der Waals surface area contributed by atoms with Crippen LogP contribution in [0.15, 0.2) is 5.10 Å². The van der Waals surface area contributed by atoms with Crippen molar-refractivity contribution in [1.29, 1.82) is 0 Å². The molecular formula is C3H8IN3. The SMILES string of the molecule is CC(N)(I)/C=N\N. The molecule has 0 spiro atoms. The molecule has 4 heteroatoms. The molecule has 0 rings (SSSR count). The highest BCUT2D eigenvalue weighted by atomic mass is 127. The van der Waals surface area contributed by atoms with Gasteiger partial charge in [-0.05, 0) is 6.92 Å². The fraction of sp³-hybridized carbons (Fsp3) is 0.667. The van der Waals surface area contributed by atoms with Crippen molar-refractivity contribution in [3.63, 3.8) is 0 Å². The topological polar surface area (TPSA) is 64.4 Å². The number of hydrogen-bond acceptors (Lipinski definition) is 3. The second kappa shape index (κ2) is 2.46. The molecule has 7 heavy (non-hydrogen) atoms. The standard InChI is InChI=1S/C3H8IN3/c1-3(4,5)2-7-6/h2H,5-6H2,1H3/b7-2-. The van der Waals surface area contributed by atoms with Crippen LogP contribution in [0.3, 0.4) is 0 Å². The second-order valence-corrected chi connectivity index (χ2v) is 3.75. The zero-order valence-electron chi connectivity index (χ0n) is 4.06. The summed E-state index contributed by atoms with van der Waals surface area (Å²) in [5.74, 6) is 4.80. The Balaban J connectivity index is 3.56. The van der Waals surface area contributed by atoms with E-state index in [9.17, 15) is 0 Å². The molecule has 1 atom stereocenters. The molecule has 4 N–H and O–H groups in total. The van der Waals surface area contributed by atoms with Crippen LogP contribution >= 0.6 is 22.6 Å². The predicted molar refractivity (Wildman–Crippen MR) is 39.3 cm³/mol. The smallest absolute Gasteiger partial charge is 0.103 e. The van der Waals surface area contributed by atoms with E-state index in [2.05, 4.69) is 5.10 Å². The monoisotopic (exact) mass is 213 g/mol. The van der Waals surface area contributed by atoms with Crippen LogP contribution in [0, 0.1) is 0 Å². The summed E-state index contributed by atoms with van der Waals surface area (Å²) in [6.45, 7) is 1.81. The zero-order chi connectivity index (χ0) is 5.91. The summed E-state index contributed by atoms with van der Waals surface area (Å²) in [4.78, 5) is 0. The minimum atomic E-state index is -0.396. The minimum Gasteiger partial charge on any atom is -0.324 e. The van der Waals surface area contributed by atoms with E-state index in [0.717, 1.165) is 0 Å². The van der Waals surface area contributed by atoms with Gasteiger partial charge in [-0.2, -0.15) is 5.10 Å². The fourth-order valence-electron chi connectivity index (χ4n) is 0.146. The minimum absolute atomic E-state index is 0.396. The Bertz CT molecular complexity index is 72.7. The van der Waals surface area contributed by atoms with Crippen LogP contribution < -0.4 is 11.6 Å². The normalized spacial score (nSPS) is 19.9. The van der Waals surface area contributed by atoms with Crippen LogP contribution in [0.1, 0.15) is 6.92 Å². The van der Waals surface area contributed by atoms with Crippen LogP contribution in [0.25, 0.3) is 0 Å². The predicted octanol–water partition coefficient (Wildman–Crippen LogP) is 0.0408. The van der Waals surface area contributed by atoms with Gasteiger partial charge in [-0.3, -0.25) is 0 Å². The molecule has 0 aliphatic carbocycles. The third kappa shape index (κ3) is 6.16. The van der Waals surface area contributed by atoms with Crippen LogP contribution in [0.2, 0.25) is 0 Å². The van der Waals surface area contributed by atoms with Crippen molar-refractivity contribution >= 4 is 28.8 Å². The maximum absolute atomic E-state index is 5.40. The number of rotatable bonds is 1. The van der Waals surface area contributed by atoms with E-state index in [0.29, 0.717) is 0 Å². The van der Waals surface area contributed by atoms with Gasteiger partial charge >= 0.3 is 0 Å². The first-order valence-electron chi connectivity index (χ1n) is 1.78. The number of alkyl halides is 1. The molecule has 0 aromatic rings. The van der Waals surface area contributed by atoms with Gasteiger partial charge in [-0.15, -0.1) is 0 Å². The maximum atomic E-state index is 5.40. The van der Waals surface area contributed by atoms with E-state index in [4.69, 9.17) is 11.6 Å². The maximum Gasteiger partial charge on any atom is 0.103 e. The van der Waals surface area contributed by atoms with E-state index in [1.54, 1.807) is 0 Å². The Morgan fingerprint density at radius 3 is 2.29 bits per heavy atom. The van der Waals surface area contributed by atoms with Crippen molar-refractivity contribution in [2.45, 2.75) is 10.5 Å². The summed E-state index contributed by atoms with van der Waals surface area (Å²) in [7, 11) is 0. The molecule has 0 fully saturated rings. The Morgan fingerprint density at radius 2 is 2.29 bits per heavy atom. The molecule has 42 valence electrons. The Morgan fingerprint density at radius 1 is 1.86 bits per heavy atom. The fourth-order valence-corrected chi connectivity index (χ4v) is 0.307. The molecule has 1 unspecified atom stereocenters. The quantitative estimate of drug-likeness (QED) is 0.161. The van der Waals surface area contributed by atoms with Crippen molar-refractivity contribution in [2.75, 3.05) is 0 Å². The molecule has 0 saturated carbocycles. The Kier molecular flexibility index (Phi) is 2.52. The molecule has 0 aromatic heterocycles. The molecule has 0 bridgehead atoms. The lowest BCUT2D eigenvalue weighted by atomic mass is 10.4. The molecule has 0 heterocycles. The molecule has 0 amide bonds. The summed E-state index contributed by atoms with van der Waals surface area (Å²) in [5, 5.41) is 3.25. The molecular weight excluding hydrogens is 205 g/mol. The lowest BCUT2D eigenvalue weighted by Gasteiger charge is -2.05. The summed E-state index contributed by atoms with van der Waals surface area (Å²) in [6, 6.07) is 0. The molecule has 0 radical (unpaired) electrons. The summed E-state index contributed by atoms with van der Waals surface area (Å²) in [5.41, 5.74) is 5.40. The van der Waals surface area contributed by atoms with Gasteiger partial charge in [0.2, 0.25) is 0 Å². The van der Waals surface area contributed by atoms with Crippen LogP contribution in [0.4, 0.5) is 0 Å². The lowest BCUT2D eigenvalue weighted by molar-refractivity contribution is 0.951. The largest absolute Gasteiger partial charge is 0.324 e. The average Bonchev–Trinajstić information content (AvgIpc) is 1.30. The number of hydrazone groups is 1. The molecule has 0 saturated heterocycles. The molecule has 0 aromatic carbocycles. The van der Waals surface area contributed by atoms with E-state index in [-0.39, 0.29) is 0 Å². The van der Waals surface area contributed by atoms with Gasteiger partial charge in [0, 0.05) is 0 Å². The summed E-state index contributed by atoms with van der Waals surface area (Å²) >= 11 is 2.03. The molecule has 0 aliphatic heterocycles. The van der Waals surface area contributed by atoms with Crippen molar-refractivity contribution in [3.8, 4) is 0 Å². The third-order valence-electron chi connectivity index (χ3n) is 0.327. The second-order valence-electron chi connectivity index (χ2n) is 1.43. The van der Waals surface area contributed by atoms with Crippen molar-refractivity contribution in [1.82, 2.24) is 0 Å². The molecule has 0 aliphatic rings. The van der Waals surface area contributed by atoms with Gasteiger partial charge in [-0.1, -0.05) is 22.6 Å². The van der Waals surface area contributed by atoms with Gasteiger partial charge < -0.3 is 11.6 Å². The number of halogens is 1. The molecule has 3 nitrogen and oxygen atoms in total. The van der Waals surface area contributed by atoms with Crippen molar-refractivity contribution in [2.24, 2.45) is 16.7 Å². The lowest BCUT2D eigenvalue weighted by Crippen LogP contribution is -2.29. The number of hydrogen-bond donors (Lipinski definition) is 2. The number of nitrogens with zero attached hydrogens (tertiary/aromatic N) is 1. The Labute approximate surface area is 56.3 Å². The number of nitrogens with two attached hydrogens (primary N) is 2. The van der Waals surface area contributed by atoms with Gasteiger partial charge in [0.1, 0.15) is 3.55 Å². The van der Waals surface area contributed by atoms with Crippen LogP contribution in [0.5, 0.6) is 0 Å².